The van der Waals surface area contributed by atoms with Crippen molar-refractivity contribution in [1.82, 2.24) is 4.90 Å². The molecule has 0 aromatic carbocycles. The number of amides is 2. The molecule has 19 heavy (non-hydrogen) atoms. The third kappa shape index (κ3) is 3.69. The smallest absolute Gasteiger partial charge is 0.329 e. The van der Waals surface area contributed by atoms with Gasteiger partial charge in [0.25, 0.3) is 0 Å². The summed E-state index contributed by atoms with van der Waals surface area (Å²) < 4.78 is 4.57. The highest BCUT2D eigenvalue weighted by Crippen LogP contribution is 2.23. The lowest BCUT2D eigenvalue weighted by atomic mass is 10.1. The maximum absolute atomic E-state index is 11.8. The summed E-state index contributed by atoms with van der Waals surface area (Å²) in [7, 11) is 1.16. The molecule has 106 valence electrons. The zero-order valence-corrected chi connectivity index (χ0v) is 11.4. The summed E-state index contributed by atoms with van der Waals surface area (Å²) in [6.07, 6.45) is 0.0654. The average molecular weight is 289 g/mol. The van der Waals surface area contributed by atoms with Crippen LogP contribution in [0.1, 0.15) is 13.3 Å². The van der Waals surface area contributed by atoms with Crippen molar-refractivity contribution in [3.63, 3.8) is 0 Å². The number of carboxylic acids is 1. The minimum absolute atomic E-state index is 0.0170. The largest absolute Gasteiger partial charge is 0.481 e. The Balaban J connectivity index is 2.79. The first kappa shape index (κ1) is 15.5. The quantitative estimate of drug-likeness (QED) is 0.531. The van der Waals surface area contributed by atoms with Gasteiger partial charge in [-0.2, -0.15) is 0 Å². The Morgan fingerprint density at radius 3 is 2.58 bits per heavy atom. The maximum Gasteiger partial charge on any atom is 0.329 e. The Bertz CT molecular complexity index is 410. The van der Waals surface area contributed by atoms with E-state index in [1.54, 1.807) is 6.92 Å². The van der Waals surface area contributed by atoms with Crippen molar-refractivity contribution >= 4 is 35.5 Å². The van der Waals surface area contributed by atoms with E-state index >= 15 is 0 Å². The third-order valence-electron chi connectivity index (χ3n) is 2.69. The molecule has 1 aliphatic heterocycles. The second kappa shape index (κ2) is 6.55. The second-order valence-corrected chi connectivity index (χ2v) is 5.19. The van der Waals surface area contributed by atoms with Crippen molar-refractivity contribution in [3.8, 4) is 0 Å². The molecule has 1 rings (SSSR count). The van der Waals surface area contributed by atoms with Crippen LogP contribution in [0.15, 0.2) is 0 Å². The lowest BCUT2D eigenvalue weighted by Gasteiger charge is -2.23. The van der Waals surface area contributed by atoms with Gasteiger partial charge in [-0.1, -0.05) is 6.92 Å². The van der Waals surface area contributed by atoms with Crippen molar-refractivity contribution in [2.24, 2.45) is 5.92 Å². The number of aliphatic carboxylic acids is 1. The molecule has 2 atom stereocenters. The first-order chi connectivity index (χ1) is 8.88. The molecule has 7 nitrogen and oxygen atoms in total. The van der Waals surface area contributed by atoms with E-state index < -0.39 is 35.7 Å². The number of ether oxygens (including phenoxy) is 1. The van der Waals surface area contributed by atoms with Crippen LogP contribution in [0.3, 0.4) is 0 Å². The van der Waals surface area contributed by atoms with Gasteiger partial charge in [0.05, 0.1) is 12.9 Å². The number of hydrogen-bond acceptors (Lipinski definition) is 6. The molecule has 0 aromatic heterocycles. The van der Waals surface area contributed by atoms with Crippen LogP contribution in [-0.4, -0.2) is 58.4 Å². The Kier molecular flexibility index (Phi) is 5.34. The van der Waals surface area contributed by atoms with Gasteiger partial charge in [-0.25, -0.2) is 4.79 Å². The molecule has 1 heterocycles. The lowest BCUT2D eigenvalue weighted by molar-refractivity contribution is -0.155. The van der Waals surface area contributed by atoms with Gasteiger partial charge in [-0.3, -0.25) is 19.3 Å². The summed E-state index contributed by atoms with van der Waals surface area (Å²) in [5.74, 6) is -3.23. The van der Waals surface area contributed by atoms with Crippen molar-refractivity contribution in [2.45, 2.75) is 19.4 Å². The second-order valence-electron chi connectivity index (χ2n) is 4.15. The van der Waals surface area contributed by atoms with E-state index in [-0.39, 0.29) is 17.9 Å². The zero-order chi connectivity index (χ0) is 14.6. The number of thioether (sulfide) groups is 1. The third-order valence-corrected chi connectivity index (χ3v) is 3.70. The fourth-order valence-corrected chi connectivity index (χ4v) is 2.58. The number of esters is 1. The summed E-state index contributed by atoms with van der Waals surface area (Å²) in [5, 5.41) is 8.55. The van der Waals surface area contributed by atoms with E-state index in [0.717, 1.165) is 23.8 Å². The Morgan fingerprint density at radius 2 is 2.16 bits per heavy atom. The van der Waals surface area contributed by atoms with Gasteiger partial charge in [0, 0.05) is 18.1 Å². The molecular formula is C11H15NO6S. The number of rotatable bonds is 6. The molecule has 2 amide bonds. The molecule has 1 aliphatic rings. The maximum atomic E-state index is 11.8. The van der Waals surface area contributed by atoms with E-state index in [4.69, 9.17) is 5.11 Å². The summed E-state index contributed by atoms with van der Waals surface area (Å²) in [6, 6.07) is -1.06. The molecule has 0 unspecified atom stereocenters. The predicted molar refractivity (Wildman–Crippen MR) is 66.4 cm³/mol. The molecule has 1 saturated heterocycles. The first-order valence-electron chi connectivity index (χ1n) is 5.61. The molecule has 8 heteroatoms. The molecule has 1 fully saturated rings. The number of imide groups is 1. The van der Waals surface area contributed by atoms with Crippen molar-refractivity contribution in [1.29, 1.82) is 0 Å². The van der Waals surface area contributed by atoms with Crippen LogP contribution >= 0.6 is 11.8 Å². The zero-order valence-electron chi connectivity index (χ0n) is 10.6. The van der Waals surface area contributed by atoms with Crippen LogP contribution < -0.4 is 0 Å². The highest BCUT2D eigenvalue weighted by Gasteiger charge is 2.43. The lowest BCUT2D eigenvalue weighted by Crippen LogP contribution is -2.47. The minimum atomic E-state index is -1.06. The summed E-state index contributed by atoms with van der Waals surface area (Å²) in [6.45, 7) is 1.61. The number of carbonyl (C=O) groups is 4. The van der Waals surface area contributed by atoms with Crippen molar-refractivity contribution in [2.75, 3.05) is 18.6 Å². The van der Waals surface area contributed by atoms with Crippen molar-refractivity contribution in [3.05, 3.63) is 0 Å². The van der Waals surface area contributed by atoms with E-state index in [9.17, 15) is 19.2 Å². The summed E-state index contributed by atoms with van der Waals surface area (Å²) in [4.78, 5) is 46.5. The Hall–Kier alpha value is -1.57. The van der Waals surface area contributed by atoms with Gasteiger partial charge in [-0.05, 0) is 0 Å². The standard InChI is InChI=1S/C11H15NO6S/c1-6-3-8(13)12(10(6)16)7(11(17)18-2)4-19-5-9(14)15/h6-7H,3-5H2,1-2H3,(H,14,15)/t6-,7-/m1/s1. The number of carboxylic acid groups (broad SMARTS) is 1. The molecule has 0 radical (unpaired) electrons. The van der Waals surface area contributed by atoms with Gasteiger partial charge < -0.3 is 9.84 Å². The molecule has 0 aliphatic carbocycles. The average Bonchev–Trinajstić information content (AvgIpc) is 2.59. The molecule has 0 spiro atoms. The minimum Gasteiger partial charge on any atom is -0.481 e. The summed E-state index contributed by atoms with van der Waals surface area (Å²) in [5.41, 5.74) is 0. The first-order valence-corrected chi connectivity index (χ1v) is 6.77. The fraction of sp³-hybridized carbons (Fsp3) is 0.636. The van der Waals surface area contributed by atoms with Gasteiger partial charge in [0.15, 0.2) is 0 Å². The van der Waals surface area contributed by atoms with Gasteiger partial charge >= 0.3 is 11.9 Å². The monoisotopic (exact) mass is 289 g/mol. The van der Waals surface area contributed by atoms with E-state index in [0.29, 0.717) is 0 Å². The Labute approximate surface area is 114 Å². The van der Waals surface area contributed by atoms with Crippen LogP contribution in [0, 0.1) is 5.92 Å². The molecule has 1 N–H and O–H groups in total. The van der Waals surface area contributed by atoms with Crippen LogP contribution in [0.2, 0.25) is 0 Å². The summed E-state index contributed by atoms with van der Waals surface area (Å²) >= 11 is 0.959. The van der Waals surface area contributed by atoms with Gasteiger partial charge in [0.2, 0.25) is 11.8 Å². The normalized spacial score (nSPS) is 20.5. The number of nitrogens with zero attached hydrogens (tertiary/aromatic N) is 1. The van der Waals surface area contributed by atoms with E-state index in [2.05, 4.69) is 4.74 Å². The van der Waals surface area contributed by atoms with Crippen LogP contribution in [-0.2, 0) is 23.9 Å². The highest BCUT2D eigenvalue weighted by molar-refractivity contribution is 8.00. The van der Waals surface area contributed by atoms with E-state index in [1.807, 2.05) is 0 Å². The predicted octanol–water partition coefficient (Wildman–Crippen LogP) is -0.259. The van der Waals surface area contributed by atoms with E-state index in [1.165, 1.54) is 0 Å². The number of hydrogen-bond donors (Lipinski definition) is 1. The van der Waals surface area contributed by atoms with Gasteiger partial charge in [-0.15, -0.1) is 11.8 Å². The SMILES string of the molecule is COC(=O)[C@@H](CSCC(=O)O)N1C(=O)C[C@@H](C)C1=O. The van der Waals surface area contributed by atoms with Gasteiger partial charge in [0.1, 0.15) is 6.04 Å². The molecule has 0 aromatic rings. The number of carbonyl (C=O) groups excluding carboxylic acids is 3. The molecular weight excluding hydrogens is 274 g/mol. The van der Waals surface area contributed by atoms with Crippen molar-refractivity contribution < 1.29 is 29.0 Å². The number of likely N-dealkylation sites (tertiary alicyclic amines) is 1. The van der Waals surface area contributed by atoms with Crippen LogP contribution in [0.4, 0.5) is 0 Å². The highest BCUT2D eigenvalue weighted by atomic mass is 32.2. The molecule has 0 saturated carbocycles. The number of methoxy groups -OCH3 is 1. The molecule has 0 bridgehead atoms. The van der Waals surface area contributed by atoms with Crippen LogP contribution in [0.25, 0.3) is 0 Å². The fourth-order valence-electron chi connectivity index (χ4n) is 1.78. The van der Waals surface area contributed by atoms with Crippen LogP contribution in [0.5, 0.6) is 0 Å². The Morgan fingerprint density at radius 1 is 1.53 bits per heavy atom. The topological polar surface area (TPSA) is 101 Å².